The number of aromatic nitrogens is 1. The molecule has 0 atom stereocenters. The molecule has 1 aliphatic rings. The molecular weight excluding hydrogens is 224 g/mol. The molecule has 84 valence electrons. The molecule has 2 heterocycles. The van der Waals surface area contributed by atoms with E-state index >= 15 is 0 Å². The third kappa shape index (κ3) is 1.96. The Labute approximate surface area is 100 Å². The molecule has 0 fully saturated rings. The zero-order valence-electron chi connectivity index (χ0n) is 8.77. The maximum Gasteiger partial charge on any atom is 0.226 e. The number of rotatable bonds is 1. The second-order valence-electron chi connectivity index (χ2n) is 3.68. The van der Waals surface area contributed by atoms with Crippen molar-refractivity contribution < 1.29 is 4.42 Å². The fourth-order valence-corrected chi connectivity index (χ4v) is 1.83. The summed E-state index contributed by atoms with van der Waals surface area (Å²) in [6.07, 6.45) is 0.964. The molecule has 0 bridgehead atoms. The van der Waals surface area contributed by atoms with Crippen LogP contribution in [0.1, 0.15) is 11.5 Å². The highest BCUT2D eigenvalue weighted by Gasteiger charge is 2.16. The Morgan fingerprint density at radius 2 is 2.00 bits per heavy atom. The van der Waals surface area contributed by atoms with Crippen molar-refractivity contribution in [1.82, 2.24) is 10.3 Å². The van der Waals surface area contributed by atoms with E-state index in [1.54, 1.807) is 0 Å². The third-order valence-corrected chi connectivity index (χ3v) is 2.62. The van der Waals surface area contributed by atoms with Crippen LogP contribution in [0.25, 0.3) is 11.5 Å². The molecule has 0 spiro atoms. The van der Waals surface area contributed by atoms with E-state index in [2.05, 4.69) is 10.3 Å². The summed E-state index contributed by atoms with van der Waals surface area (Å²) in [5, 5.41) is 3.27. The largest absolute Gasteiger partial charge is 0.440 e. The van der Waals surface area contributed by atoms with Gasteiger partial charge in [0.05, 0.1) is 12.2 Å². The quantitative estimate of drug-likeness (QED) is 0.827. The van der Waals surface area contributed by atoms with Gasteiger partial charge < -0.3 is 9.73 Å². The van der Waals surface area contributed by atoms with Crippen molar-refractivity contribution in [2.75, 3.05) is 6.54 Å². The fourth-order valence-electron chi connectivity index (χ4n) is 1.83. The third-order valence-electron chi connectivity index (χ3n) is 2.62. The molecule has 4 heteroatoms. The van der Waals surface area contributed by atoms with Crippen molar-refractivity contribution in [3.63, 3.8) is 0 Å². The van der Waals surface area contributed by atoms with E-state index in [0.717, 1.165) is 42.4 Å². The van der Waals surface area contributed by atoms with Crippen molar-refractivity contribution in [2.45, 2.75) is 13.0 Å². The summed E-state index contributed by atoms with van der Waals surface area (Å²) in [5.41, 5.74) is 2.15. The van der Waals surface area contributed by atoms with Crippen LogP contribution in [0.2, 0.25) is 0 Å². The van der Waals surface area contributed by atoms with Gasteiger partial charge in [0.15, 0.2) is 0 Å². The van der Waals surface area contributed by atoms with Crippen molar-refractivity contribution in [3.05, 3.63) is 41.8 Å². The number of benzene rings is 1. The molecule has 1 aromatic carbocycles. The molecule has 1 N–H and O–H groups in total. The number of nitrogens with one attached hydrogen (secondary N) is 1. The zero-order chi connectivity index (χ0) is 10.1. The fraction of sp³-hybridized carbons (Fsp3) is 0.250. The maximum absolute atomic E-state index is 5.72. The Bertz CT molecular complexity index is 444. The van der Waals surface area contributed by atoms with Gasteiger partial charge in [-0.25, -0.2) is 4.98 Å². The number of nitrogens with zero attached hydrogens (tertiary/aromatic N) is 1. The molecule has 0 saturated carbocycles. The Kier molecular flexibility index (Phi) is 3.27. The van der Waals surface area contributed by atoms with Gasteiger partial charge in [0, 0.05) is 18.5 Å². The number of hydrogen-bond donors (Lipinski definition) is 1. The summed E-state index contributed by atoms with van der Waals surface area (Å²) in [7, 11) is 0. The minimum Gasteiger partial charge on any atom is -0.440 e. The lowest BCUT2D eigenvalue weighted by Gasteiger charge is -2.08. The molecule has 1 aliphatic heterocycles. The highest BCUT2D eigenvalue weighted by molar-refractivity contribution is 5.85. The summed E-state index contributed by atoms with van der Waals surface area (Å²) in [6, 6.07) is 10.0. The van der Waals surface area contributed by atoms with Gasteiger partial charge >= 0.3 is 0 Å². The summed E-state index contributed by atoms with van der Waals surface area (Å²) in [5.74, 6) is 1.73. The van der Waals surface area contributed by atoms with Crippen LogP contribution in [0.3, 0.4) is 0 Å². The van der Waals surface area contributed by atoms with Gasteiger partial charge in [0.2, 0.25) is 5.89 Å². The SMILES string of the molecule is Cl.c1ccc(-c2nc3c(o2)CNCC3)cc1. The van der Waals surface area contributed by atoms with Gasteiger partial charge in [-0.2, -0.15) is 0 Å². The summed E-state index contributed by atoms with van der Waals surface area (Å²) >= 11 is 0. The lowest BCUT2D eigenvalue weighted by atomic mass is 10.2. The topological polar surface area (TPSA) is 38.1 Å². The molecule has 0 aliphatic carbocycles. The highest BCUT2D eigenvalue weighted by Crippen LogP contribution is 2.23. The predicted molar refractivity (Wildman–Crippen MR) is 64.6 cm³/mol. The van der Waals surface area contributed by atoms with Crippen LogP contribution in [0.4, 0.5) is 0 Å². The van der Waals surface area contributed by atoms with Crippen LogP contribution in [0.15, 0.2) is 34.7 Å². The van der Waals surface area contributed by atoms with Crippen LogP contribution in [0.5, 0.6) is 0 Å². The molecule has 0 amide bonds. The van der Waals surface area contributed by atoms with E-state index in [4.69, 9.17) is 4.42 Å². The Morgan fingerprint density at radius 3 is 2.75 bits per heavy atom. The van der Waals surface area contributed by atoms with Crippen molar-refractivity contribution in [2.24, 2.45) is 0 Å². The molecule has 3 nitrogen and oxygen atoms in total. The van der Waals surface area contributed by atoms with Gasteiger partial charge in [0.1, 0.15) is 5.76 Å². The Morgan fingerprint density at radius 1 is 1.19 bits per heavy atom. The minimum atomic E-state index is 0. The molecule has 0 radical (unpaired) electrons. The number of halogens is 1. The Hall–Kier alpha value is -1.32. The molecule has 16 heavy (non-hydrogen) atoms. The first kappa shape index (κ1) is 11.2. The number of hydrogen-bond acceptors (Lipinski definition) is 3. The first-order chi connectivity index (χ1) is 7.43. The van der Waals surface area contributed by atoms with Crippen LogP contribution in [-0.4, -0.2) is 11.5 Å². The zero-order valence-corrected chi connectivity index (χ0v) is 9.59. The second kappa shape index (κ2) is 4.68. The van der Waals surface area contributed by atoms with E-state index in [-0.39, 0.29) is 12.4 Å². The summed E-state index contributed by atoms with van der Waals surface area (Å²) in [4.78, 5) is 4.51. The summed E-state index contributed by atoms with van der Waals surface area (Å²) in [6.45, 7) is 1.79. The number of fused-ring (bicyclic) bond motifs is 1. The van der Waals surface area contributed by atoms with E-state index < -0.39 is 0 Å². The van der Waals surface area contributed by atoms with Crippen LogP contribution < -0.4 is 5.32 Å². The molecule has 1 aromatic heterocycles. The van der Waals surface area contributed by atoms with Crippen molar-refractivity contribution in [3.8, 4) is 11.5 Å². The van der Waals surface area contributed by atoms with E-state index in [1.165, 1.54) is 0 Å². The number of oxazole rings is 1. The van der Waals surface area contributed by atoms with Crippen LogP contribution in [0, 0.1) is 0 Å². The monoisotopic (exact) mass is 236 g/mol. The van der Waals surface area contributed by atoms with Gasteiger partial charge in [-0.05, 0) is 12.1 Å². The summed E-state index contributed by atoms with van der Waals surface area (Å²) < 4.78 is 5.72. The van der Waals surface area contributed by atoms with Gasteiger partial charge in [0.25, 0.3) is 0 Å². The molecule has 2 aromatic rings. The first-order valence-electron chi connectivity index (χ1n) is 5.18. The molecule has 0 saturated heterocycles. The van der Waals surface area contributed by atoms with E-state index in [1.807, 2.05) is 30.3 Å². The van der Waals surface area contributed by atoms with Gasteiger partial charge in [-0.1, -0.05) is 18.2 Å². The van der Waals surface area contributed by atoms with Crippen LogP contribution >= 0.6 is 12.4 Å². The van der Waals surface area contributed by atoms with Gasteiger partial charge in [-0.15, -0.1) is 12.4 Å². The van der Waals surface area contributed by atoms with Crippen molar-refractivity contribution >= 4 is 12.4 Å². The average molecular weight is 237 g/mol. The normalized spacial score (nSPS) is 14.0. The standard InChI is InChI=1S/C12H12N2O.ClH/c1-2-4-9(5-3-1)12-14-10-6-7-13-8-11(10)15-12;/h1-5,13H,6-8H2;1H. The molecular formula is C12H13ClN2O. The smallest absolute Gasteiger partial charge is 0.226 e. The average Bonchev–Trinajstić information content (AvgIpc) is 2.74. The highest BCUT2D eigenvalue weighted by atomic mass is 35.5. The van der Waals surface area contributed by atoms with Crippen molar-refractivity contribution in [1.29, 1.82) is 0 Å². The molecule has 3 rings (SSSR count). The van der Waals surface area contributed by atoms with E-state index in [0.29, 0.717) is 0 Å². The van der Waals surface area contributed by atoms with Gasteiger partial charge in [-0.3, -0.25) is 0 Å². The minimum absolute atomic E-state index is 0. The first-order valence-corrected chi connectivity index (χ1v) is 5.18. The lowest BCUT2D eigenvalue weighted by molar-refractivity contribution is 0.472. The maximum atomic E-state index is 5.72. The predicted octanol–water partition coefficient (Wildman–Crippen LogP) is 2.41. The lowest BCUT2D eigenvalue weighted by Crippen LogP contribution is -2.22. The van der Waals surface area contributed by atoms with E-state index in [9.17, 15) is 0 Å². The van der Waals surface area contributed by atoms with Crippen LogP contribution in [-0.2, 0) is 13.0 Å². The molecule has 0 unspecified atom stereocenters. The Balaban J connectivity index is 0.000000963. The second-order valence-corrected chi connectivity index (χ2v) is 3.68.